The van der Waals surface area contributed by atoms with Crippen LogP contribution in [-0.2, 0) is 12.8 Å². The number of hydrogen-bond acceptors (Lipinski definition) is 6. The van der Waals surface area contributed by atoms with Crippen LogP contribution < -0.4 is 14.8 Å². The van der Waals surface area contributed by atoms with Crippen molar-refractivity contribution < 1.29 is 19.2 Å². The summed E-state index contributed by atoms with van der Waals surface area (Å²) in [5.74, 6) is 0.551. The quantitative estimate of drug-likeness (QED) is 0.561. The molecule has 2 rings (SSSR count). The van der Waals surface area contributed by atoms with Gasteiger partial charge in [-0.25, -0.2) is 0 Å². The van der Waals surface area contributed by atoms with E-state index in [-0.39, 0.29) is 18.1 Å². The van der Waals surface area contributed by atoms with Crippen molar-refractivity contribution in [2.24, 2.45) is 0 Å². The van der Waals surface area contributed by atoms with Gasteiger partial charge in [-0.1, -0.05) is 6.92 Å². The summed E-state index contributed by atoms with van der Waals surface area (Å²) >= 11 is 1.46. The number of ether oxygens (including phenoxy) is 2. The molecule has 7 nitrogen and oxygen atoms in total. The standard InChI is InChI=1S/C18H22N2O5S/c1-5-12-9-17(26-11(12)2)18(21)19-7-6-13-8-15(24-3)16(25-4)10-14(13)20(22)23/h8-10H,5-7H2,1-4H3,(H,19,21). The number of nitrogens with one attached hydrogen (secondary N) is 1. The Morgan fingerprint density at radius 2 is 1.85 bits per heavy atom. The van der Waals surface area contributed by atoms with Crippen LogP contribution in [0.15, 0.2) is 18.2 Å². The molecule has 0 saturated heterocycles. The van der Waals surface area contributed by atoms with Crippen LogP contribution in [0.5, 0.6) is 11.5 Å². The van der Waals surface area contributed by atoms with Gasteiger partial charge in [0.1, 0.15) is 0 Å². The number of nitro groups is 1. The summed E-state index contributed by atoms with van der Waals surface area (Å²) in [6, 6.07) is 4.81. The minimum absolute atomic E-state index is 0.0582. The molecule has 1 aromatic carbocycles. The number of carbonyl (C=O) groups is 1. The highest BCUT2D eigenvalue weighted by Crippen LogP contribution is 2.34. The van der Waals surface area contributed by atoms with Gasteiger partial charge in [0, 0.05) is 17.0 Å². The Hall–Kier alpha value is -2.61. The lowest BCUT2D eigenvalue weighted by Gasteiger charge is -2.11. The van der Waals surface area contributed by atoms with Crippen LogP contribution in [0.25, 0.3) is 0 Å². The molecule has 26 heavy (non-hydrogen) atoms. The van der Waals surface area contributed by atoms with Crippen molar-refractivity contribution >= 4 is 22.9 Å². The summed E-state index contributed by atoms with van der Waals surface area (Å²) in [5.41, 5.74) is 1.58. The van der Waals surface area contributed by atoms with E-state index >= 15 is 0 Å². The molecule has 2 aromatic rings. The number of amides is 1. The van der Waals surface area contributed by atoms with Crippen molar-refractivity contribution in [1.29, 1.82) is 0 Å². The molecule has 1 heterocycles. The van der Waals surface area contributed by atoms with Crippen LogP contribution >= 0.6 is 11.3 Å². The second kappa shape index (κ2) is 8.66. The maximum Gasteiger partial charge on any atom is 0.276 e. The smallest absolute Gasteiger partial charge is 0.276 e. The number of benzene rings is 1. The number of methoxy groups -OCH3 is 2. The first-order valence-electron chi connectivity index (χ1n) is 8.18. The SMILES string of the molecule is CCc1cc(C(=O)NCCc2cc(OC)c(OC)cc2[N+](=O)[O-])sc1C. The fourth-order valence-electron chi connectivity index (χ4n) is 2.66. The van der Waals surface area contributed by atoms with Crippen LogP contribution in [0.2, 0.25) is 0 Å². The third-order valence-electron chi connectivity index (χ3n) is 4.09. The zero-order valence-corrected chi connectivity index (χ0v) is 16.1. The van der Waals surface area contributed by atoms with Crippen LogP contribution in [0.3, 0.4) is 0 Å². The third-order valence-corrected chi connectivity index (χ3v) is 5.18. The highest BCUT2D eigenvalue weighted by molar-refractivity contribution is 7.14. The molecule has 1 amide bonds. The molecule has 0 radical (unpaired) electrons. The lowest BCUT2D eigenvalue weighted by atomic mass is 10.1. The normalized spacial score (nSPS) is 10.5. The van der Waals surface area contributed by atoms with Crippen molar-refractivity contribution in [1.82, 2.24) is 5.32 Å². The van der Waals surface area contributed by atoms with E-state index in [4.69, 9.17) is 9.47 Å². The molecular weight excluding hydrogens is 356 g/mol. The van der Waals surface area contributed by atoms with E-state index in [1.165, 1.54) is 31.6 Å². The highest BCUT2D eigenvalue weighted by atomic mass is 32.1. The average Bonchev–Trinajstić information content (AvgIpc) is 3.01. The van der Waals surface area contributed by atoms with E-state index in [1.54, 1.807) is 6.07 Å². The number of carbonyl (C=O) groups excluding carboxylic acids is 1. The van der Waals surface area contributed by atoms with Crippen LogP contribution in [0.1, 0.15) is 32.6 Å². The van der Waals surface area contributed by atoms with Gasteiger partial charge in [0.2, 0.25) is 0 Å². The van der Waals surface area contributed by atoms with E-state index in [9.17, 15) is 14.9 Å². The first kappa shape index (κ1) is 19.7. The van der Waals surface area contributed by atoms with E-state index in [2.05, 4.69) is 5.32 Å². The van der Waals surface area contributed by atoms with Gasteiger partial charge in [0.05, 0.1) is 30.1 Å². The molecule has 0 spiro atoms. The molecule has 0 aliphatic heterocycles. The van der Waals surface area contributed by atoms with Gasteiger partial charge in [-0.3, -0.25) is 14.9 Å². The Bertz CT molecular complexity index is 816. The fraction of sp³-hybridized carbons (Fsp3) is 0.389. The molecule has 0 aliphatic carbocycles. The van der Waals surface area contributed by atoms with Crippen LogP contribution in [-0.4, -0.2) is 31.6 Å². The number of aryl methyl sites for hydroxylation is 2. The molecule has 8 heteroatoms. The van der Waals surface area contributed by atoms with E-state index < -0.39 is 4.92 Å². The van der Waals surface area contributed by atoms with Crippen molar-refractivity contribution in [2.75, 3.05) is 20.8 Å². The molecular formula is C18H22N2O5S. The summed E-state index contributed by atoms with van der Waals surface area (Å²) in [6.07, 6.45) is 1.20. The number of nitrogens with zero attached hydrogens (tertiary/aromatic N) is 1. The Morgan fingerprint density at radius 1 is 1.19 bits per heavy atom. The minimum Gasteiger partial charge on any atom is -0.493 e. The summed E-state index contributed by atoms with van der Waals surface area (Å²) in [5, 5.41) is 14.1. The Balaban J connectivity index is 2.10. The number of hydrogen-bond donors (Lipinski definition) is 1. The molecule has 1 aromatic heterocycles. The highest BCUT2D eigenvalue weighted by Gasteiger charge is 2.19. The van der Waals surface area contributed by atoms with Crippen molar-refractivity contribution in [3.05, 3.63) is 49.2 Å². The summed E-state index contributed by atoms with van der Waals surface area (Å²) in [6.45, 7) is 4.33. The molecule has 140 valence electrons. The molecule has 0 bridgehead atoms. The van der Waals surface area contributed by atoms with Gasteiger partial charge in [-0.15, -0.1) is 11.3 Å². The average molecular weight is 378 g/mol. The van der Waals surface area contributed by atoms with Gasteiger partial charge >= 0.3 is 0 Å². The van der Waals surface area contributed by atoms with Gasteiger partial charge in [-0.2, -0.15) is 0 Å². The molecule has 0 atom stereocenters. The molecule has 0 saturated carbocycles. The Kier molecular flexibility index (Phi) is 6.57. The molecule has 0 unspecified atom stereocenters. The first-order chi connectivity index (χ1) is 12.4. The van der Waals surface area contributed by atoms with Crippen LogP contribution in [0, 0.1) is 17.0 Å². The lowest BCUT2D eigenvalue weighted by molar-refractivity contribution is -0.385. The molecule has 0 aliphatic rings. The van der Waals surface area contributed by atoms with E-state index in [1.807, 2.05) is 19.9 Å². The molecule has 0 fully saturated rings. The predicted octanol–water partition coefficient (Wildman–Crippen LogP) is 3.52. The monoisotopic (exact) mass is 378 g/mol. The summed E-state index contributed by atoms with van der Waals surface area (Å²) in [4.78, 5) is 24.9. The topological polar surface area (TPSA) is 90.7 Å². The van der Waals surface area contributed by atoms with Gasteiger partial charge < -0.3 is 14.8 Å². The number of nitro benzene ring substituents is 1. The van der Waals surface area contributed by atoms with E-state index in [0.29, 0.717) is 28.4 Å². The minimum atomic E-state index is -0.463. The third kappa shape index (κ3) is 4.32. The maximum absolute atomic E-state index is 12.3. The zero-order chi connectivity index (χ0) is 19.3. The first-order valence-corrected chi connectivity index (χ1v) is 8.99. The maximum atomic E-state index is 12.3. The fourth-order valence-corrected chi connectivity index (χ4v) is 3.69. The van der Waals surface area contributed by atoms with Gasteiger partial charge in [-0.05, 0) is 37.5 Å². The lowest BCUT2D eigenvalue weighted by Crippen LogP contribution is -2.25. The number of thiophene rings is 1. The van der Waals surface area contributed by atoms with Crippen LogP contribution in [0.4, 0.5) is 5.69 Å². The zero-order valence-electron chi connectivity index (χ0n) is 15.3. The van der Waals surface area contributed by atoms with Crippen molar-refractivity contribution in [3.8, 4) is 11.5 Å². The van der Waals surface area contributed by atoms with Crippen molar-refractivity contribution in [2.45, 2.75) is 26.7 Å². The number of rotatable bonds is 8. The second-order valence-electron chi connectivity index (χ2n) is 5.64. The second-order valence-corrected chi connectivity index (χ2v) is 6.90. The van der Waals surface area contributed by atoms with Gasteiger partial charge in [0.25, 0.3) is 11.6 Å². The van der Waals surface area contributed by atoms with Crippen molar-refractivity contribution in [3.63, 3.8) is 0 Å². The summed E-state index contributed by atoms with van der Waals surface area (Å²) in [7, 11) is 2.90. The largest absolute Gasteiger partial charge is 0.493 e. The Morgan fingerprint density at radius 3 is 2.38 bits per heavy atom. The van der Waals surface area contributed by atoms with E-state index in [0.717, 1.165) is 16.9 Å². The molecule has 1 N–H and O–H groups in total. The van der Waals surface area contributed by atoms with Gasteiger partial charge in [0.15, 0.2) is 11.5 Å². The summed E-state index contributed by atoms with van der Waals surface area (Å²) < 4.78 is 10.3. The predicted molar refractivity (Wildman–Crippen MR) is 101 cm³/mol. The Labute approximate surface area is 156 Å².